The largest absolute Gasteiger partial charge is 0.366 e. The lowest BCUT2D eigenvalue weighted by Gasteiger charge is -2.25. The number of amides is 2. The summed E-state index contributed by atoms with van der Waals surface area (Å²) in [5.74, 6) is 2.39. The van der Waals surface area contributed by atoms with Gasteiger partial charge in [0.15, 0.2) is 0 Å². The van der Waals surface area contributed by atoms with Crippen LogP contribution in [-0.2, 0) is 9.57 Å². The predicted octanol–water partition coefficient (Wildman–Crippen LogP) is 2.07. The molecule has 1 heterocycles. The fourth-order valence-corrected chi connectivity index (χ4v) is 1.79. The van der Waals surface area contributed by atoms with E-state index in [1.54, 1.807) is 0 Å². The maximum Gasteiger partial charge on any atom is 0.344 e. The number of hydroxylamine groups is 2. The maximum absolute atomic E-state index is 12.0. The van der Waals surface area contributed by atoms with Crippen LogP contribution in [0.15, 0.2) is 30.3 Å². The van der Waals surface area contributed by atoms with Gasteiger partial charge in [-0.2, -0.15) is 5.06 Å². The number of nitrogens with one attached hydrogen (secondary N) is 1. The Hall–Kier alpha value is -2.03. The smallest absolute Gasteiger partial charge is 0.344 e. The minimum atomic E-state index is -0.513. The molecule has 1 aromatic rings. The molecule has 1 saturated heterocycles. The van der Waals surface area contributed by atoms with Gasteiger partial charge in [0.1, 0.15) is 6.61 Å². The molecule has 5 heteroatoms. The van der Waals surface area contributed by atoms with Crippen molar-refractivity contribution in [3.8, 4) is 12.3 Å². The number of ether oxygens (including phenoxy) is 1. The Kier molecular flexibility index (Phi) is 4.28. The molecule has 1 aromatic carbocycles. The molecule has 2 rings (SSSR count). The van der Waals surface area contributed by atoms with Crippen molar-refractivity contribution in [2.24, 2.45) is 0 Å². The van der Waals surface area contributed by atoms with E-state index in [0.717, 1.165) is 5.56 Å². The molecule has 1 unspecified atom stereocenters. The summed E-state index contributed by atoms with van der Waals surface area (Å²) >= 11 is 0. The van der Waals surface area contributed by atoms with Crippen molar-refractivity contribution in [2.45, 2.75) is 25.6 Å². The second-order valence-corrected chi connectivity index (χ2v) is 5.21. The van der Waals surface area contributed by atoms with Crippen molar-refractivity contribution >= 4 is 6.03 Å². The van der Waals surface area contributed by atoms with Gasteiger partial charge in [-0.15, -0.1) is 6.42 Å². The highest BCUT2D eigenvalue weighted by Crippen LogP contribution is 2.36. The fourth-order valence-electron chi connectivity index (χ4n) is 1.79. The van der Waals surface area contributed by atoms with E-state index in [2.05, 4.69) is 11.2 Å². The second-order valence-electron chi connectivity index (χ2n) is 5.21. The lowest BCUT2D eigenvalue weighted by Crippen LogP contribution is -2.48. The van der Waals surface area contributed by atoms with Crippen LogP contribution in [0.3, 0.4) is 0 Å². The SMILES string of the molecule is C#CCOCC(C)(C)NC(=O)N1OC1c1ccccc1. The number of terminal acetylenes is 1. The molecule has 0 saturated carbocycles. The normalized spacial score (nSPS) is 17.4. The number of carbonyl (C=O) groups is 1. The van der Waals surface area contributed by atoms with E-state index in [-0.39, 0.29) is 18.9 Å². The summed E-state index contributed by atoms with van der Waals surface area (Å²) in [5, 5.41) is 4.15. The van der Waals surface area contributed by atoms with Gasteiger partial charge >= 0.3 is 6.03 Å². The third kappa shape index (κ3) is 3.73. The van der Waals surface area contributed by atoms with Crippen molar-refractivity contribution < 1.29 is 14.4 Å². The standard InChI is InChI=1S/C15H18N2O3/c1-4-10-19-11-15(2,3)16-14(18)17-13(20-17)12-8-6-5-7-9-12/h1,5-9,13H,10-11H2,2-3H3,(H,16,18). The average molecular weight is 274 g/mol. The summed E-state index contributed by atoms with van der Waals surface area (Å²) < 4.78 is 5.25. The van der Waals surface area contributed by atoms with Gasteiger partial charge in [0, 0.05) is 5.56 Å². The molecule has 0 spiro atoms. The van der Waals surface area contributed by atoms with Crippen LogP contribution >= 0.6 is 0 Å². The van der Waals surface area contributed by atoms with E-state index in [1.165, 1.54) is 5.06 Å². The minimum absolute atomic E-state index is 0.228. The van der Waals surface area contributed by atoms with Crippen molar-refractivity contribution in [3.63, 3.8) is 0 Å². The van der Waals surface area contributed by atoms with Gasteiger partial charge in [-0.3, -0.25) is 0 Å². The first-order valence-corrected chi connectivity index (χ1v) is 6.38. The Balaban J connectivity index is 1.83. The Morgan fingerprint density at radius 1 is 1.50 bits per heavy atom. The predicted molar refractivity (Wildman–Crippen MR) is 74.4 cm³/mol. The van der Waals surface area contributed by atoms with Crippen molar-refractivity contribution in [3.05, 3.63) is 35.9 Å². The van der Waals surface area contributed by atoms with Gasteiger partial charge < -0.3 is 10.1 Å². The first-order valence-electron chi connectivity index (χ1n) is 6.38. The zero-order chi connectivity index (χ0) is 14.6. The molecule has 1 aliphatic rings. The van der Waals surface area contributed by atoms with Gasteiger partial charge in [-0.1, -0.05) is 36.3 Å². The Morgan fingerprint density at radius 2 is 2.20 bits per heavy atom. The summed E-state index contributed by atoms with van der Waals surface area (Å²) in [6, 6.07) is 9.28. The topological polar surface area (TPSA) is 53.9 Å². The van der Waals surface area contributed by atoms with Gasteiger partial charge in [0.2, 0.25) is 6.23 Å². The van der Waals surface area contributed by atoms with Crippen LogP contribution in [0.5, 0.6) is 0 Å². The van der Waals surface area contributed by atoms with Crippen LogP contribution in [0.25, 0.3) is 0 Å². The lowest BCUT2D eigenvalue weighted by atomic mass is 10.1. The van der Waals surface area contributed by atoms with Crippen LogP contribution in [0.2, 0.25) is 0 Å². The minimum Gasteiger partial charge on any atom is -0.366 e. The van der Waals surface area contributed by atoms with Crippen LogP contribution in [0.4, 0.5) is 4.79 Å². The molecule has 2 amide bonds. The van der Waals surface area contributed by atoms with Crippen molar-refractivity contribution in [1.82, 2.24) is 10.4 Å². The third-order valence-electron chi connectivity index (χ3n) is 2.76. The fraction of sp³-hybridized carbons (Fsp3) is 0.400. The molecular weight excluding hydrogens is 256 g/mol. The molecule has 20 heavy (non-hydrogen) atoms. The van der Waals surface area contributed by atoms with Crippen molar-refractivity contribution in [1.29, 1.82) is 0 Å². The first kappa shape index (κ1) is 14.4. The molecule has 0 bridgehead atoms. The zero-order valence-electron chi connectivity index (χ0n) is 11.6. The van der Waals surface area contributed by atoms with E-state index in [0.29, 0.717) is 6.61 Å². The van der Waals surface area contributed by atoms with Gasteiger partial charge in [-0.25, -0.2) is 9.63 Å². The van der Waals surface area contributed by atoms with E-state index in [1.807, 2.05) is 44.2 Å². The summed E-state index contributed by atoms with van der Waals surface area (Å²) in [7, 11) is 0. The molecule has 1 N–H and O–H groups in total. The highest BCUT2D eigenvalue weighted by molar-refractivity contribution is 5.75. The number of carbonyl (C=O) groups excluding carboxylic acids is 1. The van der Waals surface area contributed by atoms with E-state index in [4.69, 9.17) is 16.0 Å². The first-order chi connectivity index (χ1) is 9.53. The van der Waals surface area contributed by atoms with Gasteiger partial charge in [-0.05, 0) is 13.8 Å². The molecule has 1 aliphatic heterocycles. The number of rotatable bonds is 5. The quantitative estimate of drug-likeness (QED) is 0.508. The molecule has 0 aliphatic carbocycles. The van der Waals surface area contributed by atoms with Crippen LogP contribution in [0, 0.1) is 12.3 Å². The summed E-state index contributed by atoms with van der Waals surface area (Å²) in [6.45, 7) is 4.30. The summed E-state index contributed by atoms with van der Waals surface area (Å²) in [5.41, 5.74) is 0.435. The number of nitrogens with zero attached hydrogens (tertiary/aromatic N) is 1. The highest BCUT2D eigenvalue weighted by Gasteiger charge is 2.44. The highest BCUT2D eigenvalue weighted by atomic mass is 16.8. The third-order valence-corrected chi connectivity index (χ3v) is 2.76. The van der Waals surface area contributed by atoms with E-state index < -0.39 is 5.54 Å². The number of urea groups is 1. The Bertz CT molecular complexity index is 508. The van der Waals surface area contributed by atoms with Gasteiger partial charge in [0.05, 0.1) is 12.1 Å². The number of benzene rings is 1. The van der Waals surface area contributed by atoms with Gasteiger partial charge in [0.25, 0.3) is 0 Å². The monoisotopic (exact) mass is 274 g/mol. The molecule has 1 fully saturated rings. The summed E-state index contributed by atoms with van der Waals surface area (Å²) in [6.07, 6.45) is 4.80. The molecule has 5 nitrogen and oxygen atoms in total. The van der Waals surface area contributed by atoms with Crippen LogP contribution in [0.1, 0.15) is 25.6 Å². The second kappa shape index (κ2) is 5.95. The number of hydrogen-bond acceptors (Lipinski definition) is 3. The molecule has 0 aromatic heterocycles. The van der Waals surface area contributed by atoms with E-state index in [9.17, 15) is 4.79 Å². The summed E-state index contributed by atoms with van der Waals surface area (Å²) in [4.78, 5) is 17.3. The van der Waals surface area contributed by atoms with Crippen molar-refractivity contribution in [2.75, 3.05) is 13.2 Å². The Morgan fingerprint density at radius 3 is 2.85 bits per heavy atom. The number of hydrogen-bond donors (Lipinski definition) is 1. The van der Waals surface area contributed by atoms with E-state index >= 15 is 0 Å². The molecule has 1 atom stereocenters. The maximum atomic E-state index is 12.0. The van der Waals surface area contributed by atoms with Crippen LogP contribution in [-0.4, -0.2) is 29.8 Å². The zero-order valence-corrected chi connectivity index (χ0v) is 11.6. The Labute approximate surface area is 118 Å². The lowest BCUT2D eigenvalue weighted by molar-refractivity contribution is 0.102. The molecule has 0 radical (unpaired) electrons. The average Bonchev–Trinajstić information content (AvgIpc) is 3.19. The molecular formula is C15H18N2O3. The molecule has 106 valence electrons. The van der Waals surface area contributed by atoms with Crippen LogP contribution < -0.4 is 5.32 Å².